The Morgan fingerprint density at radius 2 is 1.74 bits per heavy atom. The first kappa shape index (κ1) is 15.3. The molecular formula is C15H23NO3. The molecule has 0 heterocycles. The maximum absolute atomic E-state index is 12.3. The molecule has 0 saturated carbocycles. The lowest BCUT2D eigenvalue weighted by atomic mass is 9.96. The standard InChI is InChI=1S/C15H23NO3/c1-15(2,3)10-16(4)14(17)11-7-8-12(18-5)13(9-11)19-6/h7-9H,10H2,1-6H3. The van der Waals surface area contributed by atoms with E-state index in [0.29, 0.717) is 23.6 Å². The average molecular weight is 265 g/mol. The second kappa shape index (κ2) is 5.95. The number of hydrogen-bond donors (Lipinski definition) is 0. The summed E-state index contributed by atoms with van der Waals surface area (Å²) in [5.74, 6) is 1.17. The van der Waals surface area contributed by atoms with Crippen molar-refractivity contribution >= 4 is 5.91 Å². The van der Waals surface area contributed by atoms with Gasteiger partial charge in [-0.2, -0.15) is 0 Å². The van der Waals surface area contributed by atoms with E-state index in [1.165, 1.54) is 0 Å². The molecule has 4 heteroatoms. The minimum absolute atomic E-state index is 0.0177. The maximum Gasteiger partial charge on any atom is 0.253 e. The molecule has 0 fully saturated rings. The lowest BCUT2D eigenvalue weighted by Crippen LogP contribution is -2.34. The van der Waals surface area contributed by atoms with Gasteiger partial charge < -0.3 is 14.4 Å². The lowest BCUT2D eigenvalue weighted by molar-refractivity contribution is 0.0745. The summed E-state index contributed by atoms with van der Waals surface area (Å²) in [4.78, 5) is 14.0. The largest absolute Gasteiger partial charge is 0.493 e. The van der Waals surface area contributed by atoms with Gasteiger partial charge in [-0.25, -0.2) is 0 Å². The zero-order valence-electron chi connectivity index (χ0n) is 12.6. The summed E-state index contributed by atoms with van der Waals surface area (Å²) in [5.41, 5.74) is 0.672. The normalized spacial score (nSPS) is 11.1. The minimum Gasteiger partial charge on any atom is -0.493 e. The van der Waals surface area contributed by atoms with Gasteiger partial charge in [0.05, 0.1) is 14.2 Å². The third-order valence-corrected chi connectivity index (χ3v) is 2.69. The van der Waals surface area contributed by atoms with Gasteiger partial charge in [-0.05, 0) is 23.6 Å². The van der Waals surface area contributed by atoms with Crippen molar-refractivity contribution in [1.82, 2.24) is 4.90 Å². The number of ether oxygens (including phenoxy) is 2. The molecule has 19 heavy (non-hydrogen) atoms. The molecule has 1 rings (SSSR count). The lowest BCUT2D eigenvalue weighted by Gasteiger charge is -2.26. The van der Waals surface area contributed by atoms with Gasteiger partial charge in [0.25, 0.3) is 5.91 Å². The molecule has 0 aliphatic rings. The highest BCUT2D eigenvalue weighted by Crippen LogP contribution is 2.28. The summed E-state index contributed by atoms with van der Waals surface area (Å²) in [5, 5.41) is 0. The van der Waals surface area contributed by atoms with Crippen molar-refractivity contribution in [2.75, 3.05) is 27.8 Å². The molecule has 0 bridgehead atoms. The number of amides is 1. The van der Waals surface area contributed by atoms with Crippen LogP contribution in [-0.4, -0.2) is 38.6 Å². The topological polar surface area (TPSA) is 38.8 Å². The molecule has 0 radical (unpaired) electrons. The summed E-state index contributed by atoms with van der Waals surface area (Å²) >= 11 is 0. The molecule has 1 amide bonds. The van der Waals surface area contributed by atoms with Crippen LogP contribution < -0.4 is 9.47 Å². The highest BCUT2D eigenvalue weighted by Gasteiger charge is 2.19. The Morgan fingerprint density at radius 3 is 2.21 bits per heavy atom. The number of nitrogens with zero attached hydrogens (tertiary/aromatic N) is 1. The minimum atomic E-state index is -0.0177. The number of rotatable bonds is 4. The molecule has 0 N–H and O–H groups in total. The van der Waals surface area contributed by atoms with E-state index in [4.69, 9.17) is 9.47 Å². The zero-order valence-corrected chi connectivity index (χ0v) is 12.6. The molecule has 0 unspecified atom stereocenters. The Morgan fingerprint density at radius 1 is 1.16 bits per heavy atom. The smallest absolute Gasteiger partial charge is 0.253 e. The predicted octanol–water partition coefficient (Wildman–Crippen LogP) is 2.82. The molecule has 1 aromatic rings. The molecule has 0 aliphatic heterocycles. The van der Waals surface area contributed by atoms with Crippen LogP contribution in [0, 0.1) is 5.41 Å². The van der Waals surface area contributed by atoms with Crippen LogP contribution in [0.25, 0.3) is 0 Å². The van der Waals surface area contributed by atoms with Gasteiger partial charge in [0.15, 0.2) is 11.5 Å². The van der Waals surface area contributed by atoms with Crippen LogP contribution >= 0.6 is 0 Å². The maximum atomic E-state index is 12.3. The fourth-order valence-electron chi connectivity index (χ4n) is 1.97. The first-order valence-corrected chi connectivity index (χ1v) is 6.26. The predicted molar refractivity (Wildman–Crippen MR) is 76.0 cm³/mol. The Balaban J connectivity index is 2.94. The molecule has 4 nitrogen and oxygen atoms in total. The van der Waals surface area contributed by atoms with E-state index in [1.807, 2.05) is 7.05 Å². The van der Waals surface area contributed by atoms with Gasteiger partial charge in [0.2, 0.25) is 0 Å². The molecular weight excluding hydrogens is 242 g/mol. The zero-order chi connectivity index (χ0) is 14.6. The molecule has 106 valence electrons. The highest BCUT2D eigenvalue weighted by molar-refractivity contribution is 5.94. The van der Waals surface area contributed by atoms with Gasteiger partial charge >= 0.3 is 0 Å². The van der Waals surface area contributed by atoms with E-state index >= 15 is 0 Å². The fourth-order valence-corrected chi connectivity index (χ4v) is 1.97. The van der Waals surface area contributed by atoms with Crippen LogP contribution in [0.15, 0.2) is 18.2 Å². The Bertz CT molecular complexity index is 449. The van der Waals surface area contributed by atoms with Gasteiger partial charge in [-0.15, -0.1) is 0 Å². The van der Waals surface area contributed by atoms with E-state index < -0.39 is 0 Å². The summed E-state index contributed by atoms with van der Waals surface area (Å²) in [6, 6.07) is 5.21. The summed E-state index contributed by atoms with van der Waals surface area (Å²) in [6.45, 7) is 7.00. The van der Waals surface area contributed by atoms with Crippen molar-refractivity contribution in [3.05, 3.63) is 23.8 Å². The van der Waals surface area contributed by atoms with E-state index in [2.05, 4.69) is 20.8 Å². The first-order chi connectivity index (χ1) is 8.78. The van der Waals surface area contributed by atoms with E-state index in [9.17, 15) is 4.79 Å². The fraction of sp³-hybridized carbons (Fsp3) is 0.533. The second-order valence-corrected chi connectivity index (χ2v) is 5.79. The Hall–Kier alpha value is -1.71. The van der Waals surface area contributed by atoms with Crippen molar-refractivity contribution in [2.24, 2.45) is 5.41 Å². The quantitative estimate of drug-likeness (QED) is 0.840. The summed E-state index contributed by atoms with van der Waals surface area (Å²) < 4.78 is 10.4. The number of methoxy groups -OCH3 is 2. The molecule has 0 aliphatic carbocycles. The molecule has 0 saturated heterocycles. The molecule has 0 aromatic heterocycles. The van der Waals surface area contributed by atoms with E-state index in [1.54, 1.807) is 37.3 Å². The summed E-state index contributed by atoms with van der Waals surface area (Å²) in [6.07, 6.45) is 0. The van der Waals surface area contributed by atoms with Crippen molar-refractivity contribution < 1.29 is 14.3 Å². The third kappa shape index (κ3) is 4.16. The van der Waals surface area contributed by atoms with E-state index in [-0.39, 0.29) is 11.3 Å². The molecule has 0 atom stereocenters. The molecule has 1 aromatic carbocycles. The first-order valence-electron chi connectivity index (χ1n) is 6.26. The number of carbonyl (C=O) groups is 1. The van der Waals surface area contributed by atoms with Crippen LogP contribution in [0.4, 0.5) is 0 Å². The average Bonchev–Trinajstić information content (AvgIpc) is 2.34. The van der Waals surface area contributed by atoms with Crippen molar-refractivity contribution in [3.8, 4) is 11.5 Å². The molecule has 0 spiro atoms. The van der Waals surface area contributed by atoms with Gasteiger partial charge in [0.1, 0.15) is 0 Å². The number of benzene rings is 1. The Labute approximate surface area is 115 Å². The number of carbonyl (C=O) groups excluding carboxylic acids is 1. The number of hydrogen-bond acceptors (Lipinski definition) is 3. The van der Waals surface area contributed by atoms with E-state index in [0.717, 1.165) is 0 Å². The monoisotopic (exact) mass is 265 g/mol. The van der Waals surface area contributed by atoms with Crippen LogP contribution in [0.2, 0.25) is 0 Å². The van der Waals surface area contributed by atoms with Crippen LogP contribution in [-0.2, 0) is 0 Å². The summed E-state index contributed by atoms with van der Waals surface area (Å²) in [7, 11) is 4.94. The van der Waals surface area contributed by atoms with Crippen LogP contribution in [0.5, 0.6) is 11.5 Å². The van der Waals surface area contributed by atoms with Crippen molar-refractivity contribution in [3.63, 3.8) is 0 Å². The van der Waals surface area contributed by atoms with Crippen LogP contribution in [0.3, 0.4) is 0 Å². The Kier molecular flexibility index (Phi) is 4.81. The van der Waals surface area contributed by atoms with Gasteiger partial charge in [-0.1, -0.05) is 20.8 Å². The highest BCUT2D eigenvalue weighted by atomic mass is 16.5. The SMILES string of the molecule is COc1ccc(C(=O)N(C)CC(C)(C)C)cc1OC. The van der Waals surface area contributed by atoms with Crippen molar-refractivity contribution in [2.45, 2.75) is 20.8 Å². The van der Waals surface area contributed by atoms with Crippen molar-refractivity contribution in [1.29, 1.82) is 0 Å². The van der Waals surface area contributed by atoms with Gasteiger partial charge in [-0.3, -0.25) is 4.79 Å². The third-order valence-electron chi connectivity index (χ3n) is 2.69. The second-order valence-electron chi connectivity index (χ2n) is 5.79. The van der Waals surface area contributed by atoms with Crippen LogP contribution in [0.1, 0.15) is 31.1 Å². The van der Waals surface area contributed by atoms with Gasteiger partial charge in [0, 0.05) is 19.2 Å².